The van der Waals surface area contributed by atoms with Gasteiger partial charge in [0.25, 0.3) is 0 Å². The van der Waals surface area contributed by atoms with Crippen molar-refractivity contribution in [3.63, 3.8) is 0 Å². The molecule has 0 bridgehead atoms. The maximum atomic E-state index is 9.64. The lowest BCUT2D eigenvalue weighted by molar-refractivity contribution is 0.0425. The van der Waals surface area contributed by atoms with Crippen LogP contribution in [0.25, 0.3) is 0 Å². The van der Waals surface area contributed by atoms with Crippen LogP contribution in [0.15, 0.2) is 18.3 Å². The molecule has 0 fully saturated rings. The lowest BCUT2D eigenvalue weighted by Crippen LogP contribution is -2.35. The van der Waals surface area contributed by atoms with Gasteiger partial charge in [-0.15, -0.1) is 0 Å². The Labute approximate surface area is 90.7 Å². The molecule has 15 heavy (non-hydrogen) atoms. The number of aliphatic hydroxyl groups is 1. The summed E-state index contributed by atoms with van der Waals surface area (Å²) in [7, 11) is 1.97. The van der Waals surface area contributed by atoms with Gasteiger partial charge in [0.2, 0.25) is 0 Å². The molecule has 4 heteroatoms. The number of nitrogens with zero attached hydrogens (tertiary/aromatic N) is 2. The van der Waals surface area contributed by atoms with E-state index >= 15 is 0 Å². The van der Waals surface area contributed by atoms with E-state index in [2.05, 4.69) is 9.88 Å². The zero-order valence-electron chi connectivity index (χ0n) is 9.57. The molecular weight excluding hydrogens is 190 g/mol. The molecule has 84 valence electrons. The molecule has 0 aliphatic carbocycles. The van der Waals surface area contributed by atoms with Crippen LogP contribution < -0.4 is 5.73 Å². The van der Waals surface area contributed by atoms with Crippen molar-refractivity contribution in [3.8, 4) is 0 Å². The summed E-state index contributed by atoms with van der Waals surface area (Å²) in [5.74, 6) is 0.532. The van der Waals surface area contributed by atoms with Crippen LogP contribution in [0, 0.1) is 0 Å². The van der Waals surface area contributed by atoms with Gasteiger partial charge in [0.05, 0.1) is 5.60 Å². The topological polar surface area (TPSA) is 62.4 Å². The molecule has 0 atom stereocenters. The highest BCUT2D eigenvalue weighted by Gasteiger charge is 2.15. The molecular formula is C11H19N3O. The number of nitrogens with two attached hydrogens (primary N) is 1. The average molecular weight is 209 g/mol. The van der Waals surface area contributed by atoms with Gasteiger partial charge >= 0.3 is 0 Å². The first-order valence-corrected chi connectivity index (χ1v) is 4.98. The standard InChI is InChI=1S/C11H19N3O/c1-11(2,15)8-14(3)7-9-4-5-13-10(12)6-9/h4-6,15H,7-8H2,1-3H3,(H2,12,13). The first kappa shape index (κ1) is 11.9. The fourth-order valence-electron chi connectivity index (χ4n) is 1.62. The smallest absolute Gasteiger partial charge is 0.123 e. The van der Waals surface area contributed by atoms with Crippen molar-refractivity contribution in [2.75, 3.05) is 19.3 Å². The number of rotatable bonds is 4. The predicted octanol–water partition coefficient (Wildman–Crippen LogP) is 0.867. The Morgan fingerprint density at radius 3 is 2.73 bits per heavy atom. The van der Waals surface area contributed by atoms with Gasteiger partial charge in [0.1, 0.15) is 5.82 Å². The highest BCUT2D eigenvalue weighted by atomic mass is 16.3. The van der Waals surface area contributed by atoms with Gasteiger partial charge in [-0.25, -0.2) is 4.98 Å². The molecule has 0 aliphatic rings. The van der Waals surface area contributed by atoms with Gasteiger partial charge in [-0.05, 0) is 38.6 Å². The Hall–Kier alpha value is -1.13. The number of anilines is 1. The molecule has 0 unspecified atom stereocenters. The fraction of sp³-hybridized carbons (Fsp3) is 0.545. The zero-order chi connectivity index (χ0) is 11.5. The molecule has 0 aromatic carbocycles. The van der Waals surface area contributed by atoms with Crippen LogP contribution in [0.5, 0.6) is 0 Å². The van der Waals surface area contributed by atoms with Crippen LogP contribution in [-0.2, 0) is 6.54 Å². The van der Waals surface area contributed by atoms with Gasteiger partial charge in [0, 0.05) is 19.3 Å². The second-order valence-electron chi connectivity index (χ2n) is 4.57. The third kappa shape index (κ3) is 4.76. The molecule has 3 N–H and O–H groups in total. The highest BCUT2D eigenvalue weighted by Crippen LogP contribution is 2.09. The second-order valence-corrected chi connectivity index (χ2v) is 4.57. The number of hydrogen-bond acceptors (Lipinski definition) is 4. The third-order valence-corrected chi connectivity index (χ3v) is 1.95. The molecule has 0 radical (unpaired) electrons. The largest absolute Gasteiger partial charge is 0.389 e. The van der Waals surface area contributed by atoms with Gasteiger partial charge < -0.3 is 10.8 Å². The monoisotopic (exact) mass is 209 g/mol. The maximum Gasteiger partial charge on any atom is 0.123 e. The Kier molecular flexibility index (Phi) is 3.66. The SMILES string of the molecule is CN(Cc1ccnc(N)c1)CC(C)(C)O. The van der Waals surface area contributed by atoms with E-state index < -0.39 is 5.60 Å². The van der Waals surface area contributed by atoms with Gasteiger partial charge in [0.15, 0.2) is 0 Å². The number of nitrogen functional groups attached to an aromatic ring is 1. The fourth-order valence-corrected chi connectivity index (χ4v) is 1.62. The summed E-state index contributed by atoms with van der Waals surface area (Å²) in [6, 6.07) is 3.78. The molecule has 0 saturated carbocycles. The summed E-state index contributed by atoms with van der Waals surface area (Å²) in [5.41, 5.74) is 6.02. The minimum absolute atomic E-state index is 0.532. The molecule has 0 spiro atoms. The number of aromatic nitrogens is 1. The van der Waals surface area contributed by atoms with E-state index in [0.717, 1.165) is 12.1 Å². The van der Waals surface area contributed by atoms with Crippen molar-refractivity contribution in [1.29, 1.82) is 0 Å². The molecule has 0 amide bonds. The Morgan fingerprint density at radius 1 is 1.53 bits per heavy atom. The lowest BCUT2D eigenvalue weighted by Gasteiger charge is -2.25. The molecule has 1 aromatic rings. The average Bonchev–Trinajstić information content (AvgIpc) is 1.99. The van der Waals surface area contributed by atoms with Crippen molar-refractivity contribution >= 4 is 5.82 Å². The summed E-state index contributed by atoms with van der Waals surface area (Å²) >= 11 is 0. The molecule has 0 aliphatic heterocycles. The Morgan fingerprint density at radius 2 is 2.20 bits per heavy atom. The van der Waals surface area contributed by atoms with Crippen LogP contribution in [-0.4, -0.2) is 34.2 Å². The van der Waals surface area contributed by atoms with Crippen molar-refractivity contribution in [2.24, 2.45) is 0 Å². The minimum atomic E-state index is -0.673. The third-order valence-electron chi connectivity index (χ3n) is 1.95. The summed E-state index contributed by atoms with van der Waals surface area (Å²) in [4.78, 5) is 5.98. The van der Waals surface area contributed by atoms with E-state index in [1.54, 1.807) is 20.0 Å². The molecule has 1 aromatic heterocycles. The summed E-state index contributed by atoms with van der Waals surface area (Å²) in [6.45, 7) is 4.97. The van der Waals surface area contributed by atoms with E-state index in [-0.39, 0.29) is 0 Å². The van der Waals surface area contributed by atoms with E-state index in [1.807, 2.05) is 19.2 Å². The van der Waals surface area contributed by atoms with E-state index in [4.69, 9.17) is 5.73 Å². The normalized spacial score (nSPS) is 12.1. The van der Waals surface area contributed by atoms with Crippen LogP contribution in [0.1, 0.15) is 19.4 Å². The number of hydrogen-bond donors (Lipinski definition) is 2. The molecule has 4 nitrogen and oxygen atoms in total. The van der Waals surface area contributed by atoms with Crippen molar-refractivity contribution < 1.29 is 5.11 Å². The van der Waals surface area contributed by atoms with Crippen molar-refractivity contribution in [1.82, 2.24) is 9.88 Å². The van der Waals surface area contributed by atoms with Crippen molar-refractivity contribution in [3.05, 3.63) is 23.9 Å². The minimum Gasteiger partial charge on any atom is -0.389 e. The van der Waals surface area contributed by atoms with E-state index in [1.165, 1.54) is 0 Å². The Bertz CT molecular complexity index is 320. The van der Waals surface area contributed by atoms with Gasteiger partial charge in [-0.1, -0.05) is 0 Å². The van der Waals surface area contributed by atoms with Crippen LogP contribution in [0.2, 0.25) is 0 Å². The van der Waals surface area contributed by atoms with Crippen molar-refractivity contribution in [2.45, 2.75) is 26.0 Å². The van der Waals surface area contributed by atoms with Gasteiger partial charge in [-0.2, -0.15) is 0 Å². The molecule has 0 saturated heterocycles. The van der Waals surface area contributed by atoms with Crippen LogP contribution >= 0.6 is 0 Å². The lowest BCUT2D eigenvalue weighted by atomic mass is 10.1. The highest BCUT2D eigenvalue weighted by molar-refractivity contribution is 5.31. The Balaban J connectivity index is 2.55. The van der Waals surface area contributed by atoms with E-state index in [0.29, 0.717) is 12.4 Å². The summed E-state index contributed by atoms with van der Waals surface area (Å²) in [6.07, 6.45) is 1.70. The summed E-state index contributed by atoms with van der Waals surface area (Å²) < 4.78 is 0. The second kappa shape index (κ2) is 4.59. The van der Waals surface area contributed by atoms with Crippen LogP contribution in [0.3, 0.4) is 0 Å². The number of likely N-dealkylation sites (N-methyl/N-ethyl adjacent to an activating group) is 1. The maximum absolute atomic E-state index is 9.64. The van der Waals surface area contributed by atoms with E-state index in [9.17, 15) is 5.11 Å². The molecule has 1 rings (SSSR count). The van der Waals surface area contributed by atoms with Crippen LogP contribution in [0.4, 0.5) is 5.82 Å². The first-order chi connectivity index (χ1) is 6.87. The predicted molar refractivity (Wildman–Crippen MR) is 61.3 cm³/mol. The quantitative estimate of drug-likeness (QED) is 0.772. The first-order valence-electron chi connectivity index (χ1n) is 4.98. The summed E-state index contributed by atoms with van der Waals surface area (Å²) in [5, 5.41) is 9.64. The molecule has 1 heterocycles. The number of pyridine rings is 1. The zero-order valence-corrected chi connectivity index (χ0v) is 9.57. The van der Waals surface area contributed by atoms with Gasteiger partial charge in [-0.3, -0.25) is 4.90 Å².